The lowest BCUT2D eigenvalue weighted by Gasteiger charge is -2.50. The number of benzene rings is 3. The van der Waals surface area contributed by atoms with Gasteiger partial charge in [0.05, 0.1) is 24.9 Å². The average Bonchev–Trinajstić information content (AvgIpc) is 3.72. The van der Waals surface area contributed by atoms with Gasteiger partial charge in [0.15, 0.2) is 6.29 Å². The van der Waals surface area contributed by atoms with E-state index in [1.165, 1.54) is 12.8 Å². The summed E-state index contributed by atoms with van der Waals surface area (Å²) in [5.74, 6) is -1.99. The van der Waals surface area contributed by atoms with Gasteiger partial charge in [-0.2, -0.15) is 13.2 Å². The molecule has 0 spiro atoms. The second-order valence-electron chi connectivity index (χ2n) is 17.7. The van der Waals surface area contributed by atoms with Crippen molar-refractivity contribution in [2.45, 2.75) is 140 Å². The van der Waals surface area contributed by atoms with Crippen molar-refractivity contribution < 1.29 is 42.1 Å². The van der Waals surface area contributed by atoms with Gasteiger partial charge >= 0.3 is 12.1 Å². The van der Waals surface area contributed by atoms with Crippen LogP contribution in [0.15, 0.2) is 72.8 Å². The van der Waals surface area contributed by atoms with E-state index in [0.29, 0.717) is 36.2 Å². The molecule has 3 aromatic carbocycles. The number of likely N-dealkylation sites (tertiary alicyclic amines) is 2. The molecule has 59 heavy (non-hydrogen) atoms. The molecule has 0 aromatic heterocycles. The van der Waals surface area contributed by atoms with Gasteiger partial charge in [0.2, 0.25) is 11.8 Å². The number of ether oxygens (including phenoxy) is 2. The van der Waals surface area contributed by atoms with E-state index in [4.69, 9.17) is 9.47 Å². The fourth-order valence-electron chi connectivity index (χ4n) is 9.47. The number of nitrogens with one attached hydrogen (secondary N) is 2. The Bertz CT molecular complexity index is 1950. The summed E-state index contributed by atoms with van der Waals surface area (Å²) in [5.41, 5.74) is 4.74. The number of rotatable bonds is 10. The number of carbonyl (C=O) groups is 3. The molecule has 4 fully saturated rings. The topological polar surface area (TPSA) is 120 Å². The normalized spacial score (nSPS) is 26.6. The second-order valence-corrected chi connectivity index (χ2v) is 17.7. The summed E-state index contributed by atoms with van der Waals surface area (Å²) in [4.78, 5) is 41.8. The minimum absolute atomic E-state index is 0.0574. The number of halogens is 3. The Morgan fingerprint density at radius 3 is 2.24 bits per heavy atom. The zero-order valence-corrected chi connectivity index (χ0v) is 34.2. The number of nitrogens with zero attached hydrogens (tertiary/aromatic N) is 2. The minimum atomic E-state index is -5.04. The first-order chi connectivity index (χ1) is 28.2. The van der Waals surface area contributed by atoms with Gasteiger partial charge in [-0.25, -0.2) is 0 Å². The summed E-state index contributed by atoms with van der Waals surface area (Å²) in [7, 11) is 0. The molecule has 1 saturated carbocycles. The molecule has 3 amide bonds. The van der Waals surface area contributed by atoms with Crippen LogP contribution in [-0.4, -0.2) is 81.7 Å². The van der Waals surface area contributed by atoms with E-state index in [9.17, 15) is 32.7 Å². The monoisotopic (exact) mass is 818 g/mol. The summed E-state index contributed by atoms with van der Waals surface area (Å²) >= 11 is 0. The molecular weight excluding hydrogens is 762 g/mol. The highest BCUT2D eigenvalue weighted by Gasteiger charge is 2.48. The Hall–Kier alpha value is -4.30. The van der Waals surface area contributed by atoms with E-state index < -0.39 is 30.3 Å². The van der Waals surface area contributed by atoms with E-state index in [1.54, 1.807) is 0 Å². The number of aliphatic hydroxyl groups is 1. The van der Waals surface area contributed by atoms with Crippen LogP contribution in [0.3, 0.4) is 0 Å². The van der Waals surface area contributed by atoms with Crippen molar-refractivity contribution in [2.75, 3.05) is 13.1 Å². The van der Waals surface area contributed by atoms with E-state index in [0.717, 1.165) is 59.1 Å². The molecule has 3 heterocycles. The molecular formula is C46H57F3N4O6. The van der Waals surface area contributed by atoms with Crippen molar-refractivity contribution in [1.82, 2.24) is 20.4 Å². The maximum absolute atomic E-state index is 13.9. The lowest BCUT2D eigenvalue weighted by atomic mass is 9.75. The lowest BCUT2D eigenvalue weighted by Crippen LogP contribution is -2.61. The highest BCUT2D eigenvalue weighted by molar-refractivity contribution is 5.90. The van der Waals surface area contributed by atoms with E-state index in [2.05, 4.69) is 15.5 Å². The molecule has 10 nitrogen and oxygen atoms in total. The van der Waals surface area contributed by atoms with Crippen LogP contribution in [0.25, 0.3) is 11.1 Å². The van der Waals surface area contributed by atoms with Gasteiger partial charge in [-0.15, -0.1) is 0 Å². The van der Waals surface area contributed by atoms with Crippen LogP contribution in [0.4, 0.5) is 13.2 Å². The average molecular weight is 819 g/mol. The fourth-order valence-corrected chi connectivity index (χ4v) is 9.47. The number of fused-ring (bicyclic) bond motifs is 1. The van der Waals surface area contributed by atoms with Crippen molar-refractivity contribution in [3.8, 4) is 11.1 Å². The fraction of sp³-hybridized carbons (Fsp3) is 0.543. The molecule has 0 bridgehead atoms. The second kappa shape index (κ2) is 18.1. The number of alkyl halides is 3. The van der Waals surface area contributed by atoms with Gasteiger partial charge in [0.1, 0.15) is 6.04 Å². The van der Waals surface area contributed by atoms with Crippen LogP contribution in [0, 0.1) is 5.92 Å². The Morgan fingerprint density at radius 1 is 0.780 bits per heavy atom. The SMILES string of the molecule is CC(C)(C)NC(=O)[C@H]1CC[C@H]2CCCC[C@H]2N1C[C@@H]1C[C@H](c2ccc(CO)cc2)O[C@H](c2cccc(-c3cccc(CNC(=O)[C@@H]4CCCN4C(=O)C(F)(F)F)c3)c2)O1. The number of hydrogen-bond acceptors (Lipinski definition) is 7. The van der Waals surface area contributed by atoms with Gasteiger partial charge in [0, 0.05) is 43.2 Å². The van der Waals surface area contributed by atoms with Gasteiger partial charge in [-0.1, -0.05) is 73.5 Å². The molecule has 13 heteroatoms. The number of amides is 3. The quantitative estimate of drug-likeness (QED) is 0.194. The third-order valence-corrected chi connectivity index (χ3v) is 12.3. The maximum atomic E-state index is 13.9. The van der Waals surface area contributed by atoms with Crippen LogP contribution in [-0.2, 0) is 37.0 Å². The summed E-state index contributed by atoms with van der Waals surface area (Å²) in [5, 5.41) is 15.7. The summed E-state index contributed by atoms with van der Waals surface area (Å²) in [6.07, 6.45) is 1.23. The highest BCUT2D eigenvalue weighted by Crippen LogP contribution is 2.42. The van der Waals surface area contributed by atoms with Crippen LogP contribution in [0.2, 0.25) is 0 Å². The lowest BCUT2D eigenvalue weighted by molar-refractivity contribution is -0.255. The molecule has 318 valence electrons. The van der Waals surface area contributed by atoms with Gasteiger partial charge in [-0.05, 0) is 105 Å². The van der Waals surface area contributed by atoms with Gasteiger partial charge < -0.3 is 30.1 Å². The maximum Gasteiger partial charge on any atom is 0.471 e. The smallest absolute Gasteiger partial charge is 0.392 e. The van der Waals surface area contributed by atoms with Crippen molar-refractivity contribution >= 4 is 17.7 Å². The first-order valence-corrected chi connectivity index (χ1v) is 21.1. The number of carbonyl (C=O) groups excluding carboxylic acids is 3. The molecule has 0 radical (unpaired) electrons. The summed E-state index contributed by atoms with van der Waals surface area (Å²) < 4.78 is 53.1. The van der Waals surface area contributed by atoms with Crippen molar-refractivity contribution in [2.24, 2.45) is 5.92 Å². The molecule has 4 aliphatic rings. The first kappa shape index (κ1) is 42.8. The molecule has 3 aliphatic heterocycles. The van der Waals surface area contributed by atoms with E-state index in [-0.39, 0.29) is 55.8 Å². The molecule has 3 saturated heterocycles. The molecule has 3 aromatic rings. The number of piperidine rings is 1. The minimum Gasteiger partial charge on any atom is -0.392 e. The Morgan fingerprint density at radius 2 is 1.51 bits per heavy atom. The molecule has 7 atom stereocenters. The van der Waals surface area contributed by atoms with Crippen LogP contribution in [0.1, 0.15) is 113 Å². The highest BCUT2D eigenvalue weighted by atomic mass is 19.4. The third-order valence-electron chi connectivity index (χ3n) is 12.3. The summed E-state index contributed by atoms with van der Waals surface area (Å²) in [6.45, 7) is 6.55. The molecule has 7 rings (SSSR count). The van der Waals surface area contributed by atoms with E-state index >= 15 is 0 Å². The summed E-state index contributed by atoms with van der Waals surface area (Å²) in [6, 6.07) is 22.2. The van der Waals surface area contributed by atoms with Crippen molar-refractivity contribution in [3.05, 3.63) is 95.1 Å². The Kier molecular flexibility index (Phi) is 13.2. The van der Waals surface area contributed by atoms with E-state index in [1.807, 2.05) is 93.6 Å². The van der Waals surface area contributed by atoms with Gasteiger partial charge in [-0.3, -0.25) is 19.3 Å². The molecule has 1 aliphatic carbocycles. The number of aliphatic hydroxyl groups excluding tert-OH is 1. The van der Waals surface area contributed by atoms with Crippen LogP contribution in [0.5, 0.6) is 0 Å². The zero-order valence-electron chi connectivity index (χ0n) is 34.2. The van der Waals surface area contributed by atoms with Crippen LogP contribution >= 0.6 is 0 Å². The van der Waals surface area contributed by atoms with Crippen LogP contribution < -0.4 is 10.6 Å². The molecule has 0 unspecified atom stereocenters. The van der Waals surface area contributed by atoms with Crippen molar-refractivity contribution in [1.29, 1.82) is 0 Å². The Labute approximate surface area is 344 Å². The Balaban J connectivity index is 1.11. The standard InChI is InChI=1S/C46H57F3N4O6/c1-45(2,3)51-42(56)39-21-20-31-10-4-5-14-37(31)53(39)27-36-25-40(32-18-16-29(28-54)17-19-32)59-43(58-36)35-13-7-12-34(24-35)33-11-6-9-30(23-33)26-50-41(55)38-15-8-22-52(38)44(57)46(47,48)49/h6-7,9,11-13,16-19,23-24,31,36-40,43,54H,4-5,8,10,14-15,20-22,25-28H2,1-3H3,(H,50,55)(H,51,56)/t31-,36+,37-,38+,39-,40-,43-/m1/s1. The van der Waals surface area contributed by atoms with Crippen molar-refractivity contribution in [3.63, 3.8) is 0 Å². The largest absolute Gasteiger partial charge is 0.471 e. The first-order valence-electron chi connectivity index (χ1n) is 21.1. The predicted octanol–water partition coefficient (Wildman–Crippen LogP) is 7.50. The number of hydrogen-bond donors (Lipinski definition) is 3. The third kappa shape index (κ3) is 10.4. The molecule has 3 N–H and O–H groups in total. The predicted molar refractivity (Wildman–Crippen MR) is 216 cm³/mol. The van der Waals surface area contributed by atoms with Gasteiger partial charge in [0.25, 0.3) is 0 Å². The zero-order chi connectivity index (χ0) is 41.9.